The third-order valence-corrected chi connectivity index (χ3v) is 2.65. The molecule has 1 atom stereocenters. The molecule has 0 heterocycles. The summed E-state index contributed by atoms with van der Waals surface area (Å²) >= 11 is 6.01. The Morgan fingerprint density at radius 2 is 2.12 bits per heavy atom. The molecule has 1 aromatic carbocycles. The fraction of sp³-hybridized carbons (Fsp3) is 0.538. The molecule has 0 fully saturated rings. The van der Waals surface area contributed by atoms with Gasteiger partial charge in [-0.25, -0.2) is 0 Å². The average molecular weight is 242 g/mol. The van der Waals surface area contributed by atoms with Gasteiger partial charge < -0.3 is 10.1 Å². The summed E-state index contributed by atoms with van der Waals surface area (Å²) in [5.74, 6) is 0.930. The van der Waals surface area contributed by atoms with Crippen LogP contribution < -0.4 is 10.1 Å². The van der Waals surface area contributed by atoms with Gasteiger partial charge in [0.1, 0.15) is 5.75 Å². The van der Waals surface area contributed by atoms with Crippen molar-refractivity contribution in [3.63, 3.8) is 0 Å². The van der Waals surface area contributed by atoms with E-state index in [0.717, 1.165) is 35.9 Å². The number of halogens is 1. The predicted octanol–water partition coefficient (Wildman–Crippen LogP) is 3.80. The quantitative estimate of drug-likeness (QED) is 0.818. The first-order chi connectivity index (χ1) is 7.69. The number of ether oxygens (including phenoxy) is 1. The lowest BCUT2D eigenvalue weighted by molar-refractivity contribution is 0.311. The van der Waals surface area contributed by atoms with Crippen molar-refractivity contribution in [1.82, 2.24) is 5.32 Å². The van der Waals surface area contributed by atoms with Crippen molar-refractivity contribution in [1.29, 1.82) is 0 Å². The van der Waals surface area contributed by atoms with Gasteiger partial charge >= 0.3 is 0 Å². The Balaban J connectivity index is 2.88. The minimum atomic E-state index is 0.260. The van der Waals surface area contributed by atoms with Crippen molar-refractivity contribution in [2.24, 2.45) is 0 Å². The van der Waals surface area contributed by atoms with Crippen LogP contribution >= 0.6 is 11.6 Å². The lowest BCUT2D eigenvalue weighted by Crippen LogP contribution is -2.18. The number of rotatable bonds is 6. The highest BCUT2D eigenvalue weighted by Gasteiger charge is 2.11. The molecule has 1 unspecified atom stereocenters. The first-order valence-electron chi connectivity index (χ1n) is 5.84. The zero-order chi connectivity index (χ0) is 12.0. The molecule has 0 aliphatic heterocycles. The van der Waals surface area contributed by atoms with Crippen molar-refractivity contribution in [3.8, 4) is 5.75 Å². The van der Waals surface area contributed by atoms with Crippen molar-refractivity contribution in [2.75, 3.05) is 13.2 Å². The molecule has 0 bridgehead atoms. The van der Waals surface area contributed by atoms with E-state index in [1.807, 2.05) is 18.2 Å². The van der Waals surface area contributed by atoms with E-state index in [9.17, 15) is 0 Å². The van der Waals surface area contributed by atoms with Gasteiger partial charge in [0.15, 0.2) is 0 Å². The molecule has 3 heteroatoms. The highest BCUT2D eigenvalue weighted by Crippen LogP contribution is 2.28. The van der Waals surface area contributed by atoms with Gasteiger partial charge in [-0.1, -0.05) is 25.4 Å². The molecule has 0 saturated heterocycles. The summed E-state index contributed by atoms with van der Waals surface area (Å²) in [4.78, 5) is 0. The molecule has 90 valence electrons. The van der Waals surface area contributed by atoms with Crippen LogP contribution in [0.15, 0.2) is 18.2 Å². The number of hydrogen-bond acceptors (Lipinski definition) is 2. The van der Waals surface area contributed by atoms with E-state index in [4.69, 9.17) is 16.3 Å². The van der Waals surface area contributed by atoms with Crippen LogP contribution in [-0.2, 0) is 0 Å². The maximum absolute atomic E-state index is 6.01. The zero-order valence-electron chi connectivity index (χ0n) is 10.2. The maximum Gasteiger partial charge on any atom is 0.124 e. The van der Waals surface area contributed by atoms with Crippen LogP contribution in [0, 0.1) is 0 Å². The normalized spacial score (nSPS) is 12.5. The molecule has 0 aliphatic carbocycles. The minimum absolute atomic E-state index is 0.260. The van der Waals surface area contributed by atoms with Gasteiger partial charge in [-0.05, 0) is 38.1 Å². The van der Waals surface area contributed by atoms with Crippen LogP contribution in [0.4, 0.5) is 0 Å². The molecule has 0 spiro atoms. The highest BCUT2D eigenvalue weighted by molar-refractivity contribution is 6.30. The molecule has 1 aromatic rings. The van der Waals surface area contributed by atoms with E-state index in [1.54, 1.807) is 0 Å². The second-order valence-corrected chi connectivity index (χ2v) is 4.25. The van der Waals surface area contributed by atoms with Crippen LogP contribution in [0.2, 0.25) is 5.02 Å². The fourth-order valence-corrected chi connectivity index (χ4v) is 1.80. The maximum atomic E-state index is 6.01. The molecule has 0 aliphatic rings. The van der Waals surface area contributed by atoms with Gasteiger partial charge in [-0.2, -0.15) is 0 Å². The molecule has 0 saturated carbocycles. The minimum Gasteiger partial charge on any atom is -0.493 e. The van der Waals surface area contributed by atoms with Crippen LogP contribution in [0.5, 0.6) is 5.75 Å². The topological polar surface area (TPSA) is 21.3 Å². The van der Waals surface area contributed by atoms with Crippen molar-refractivity contribution in [3.05, 3.63) is 28.8 Å². The number of nitrogens with one attached hydrogen (secondary N) is 1. The Labute approximate surface area is 103 Å². The van der Waals surface area contributed by atoms with Crippen molar-refractivity contribution >= 4 is 11.6 Å². The lowest BCUT2D eigenvalue weighted by atomic mass is 10.1. The second-order valence-electron chi connectivity index (χ2n) is 3.81. The van der Waals surface area contributed by atoms with Crippen LogP contribution in [-0.4, -0.2) is 13.2 Å². The Bertz CT molecular complexity index is 328. The molecule has 1 rings (SSSR count). The van der Waals surface area contributed by atoms with Gasteiger partial charge in [0, 0.05) is 16.6 Å². The van der Waals surface area contributed by atoms with E-state index in [2.05, 4.69) is 26.1 Å². The first-order valence-corrected chi connectivity index (χ1v) is 6.22. The monoisotopic (exact) mass is 241 g/mol. The van der Waals surface area contributed by atoms with Gasteiger partial charge in [0.05, 0.1) is 6.61 Å². The second kappa shape index (κ2) is 6.77. The van der Waals surface area contributed by atoms with Crippen LogP contribution in [0.1, 0.15) is 38.8 Å². The van der Waals surface area contributed by atoms with Gasteiger partial charge in [-0.3, -0.25) is 0 Å². The predicted molar refractivity (Wildman–Crippen MR) is 69.3 cm³/mol. The Kier molecular flexibility index (Phi) is 5.64. The SMILES string of the molecule is CCCOc1ccc(Cl)cc1C(C)NCC. The number of hydrogen-bond donors (Lipinski definition) is 1. The summed E-state index contributed by atoms with van der Waals surface area (Å²) in [5, 5.41) is 4.12. The van der Waals surface area contributed by atoms with E-state index in [-0.39, 0.29) is 6.04 Å². The molecular formula is C13H20ClNO. The molecule has 0 radical (unpaired) electrons. The summed E-state index contributed by atoms with van der Waals surface area (Å²) < 4.78 is 5.71. The summed E-state index contributed by atoms with van der Waals surface area (Å²) in [6.07, 6.45) is 1.01. The largest absolute Gasteiger partial charge is 0.493 e. The van der Waals surface area contributed by atoms with Crippen LogP contribution in [0.25, 0.3) is 0 Å². The smallest absolute Gasteiger partial charge is 0.124 e. The van der Waals surface area contributed by atoms with Gasteiger partial charge in [0.2, 0.25) is 0 Å². The lowest BCUT2D eigenvalue weighted by Gasteiger charge is -2.17. The summed E-state index contributed by atoms with van der Waals surface area (Å²) in [7, 11) is 0. The van der Waals surface area contributed by atoms with Gasteiger partial charge in [-0.15, -0.1) is 0 Å². The Morgan fingerprint density at radius 3 is 2.75 bits per heavy atom. The first kappa shape index (κ1) is 13.3. The molecule has 0 amide bonds. The molecule has 16 heavy (non-hydrogen) atoms. The summed E-state index contributed by atoms with van der Waals surface area (Å²) in [6.45, 7) is 7.99. The third-order valence-electron chi connectivity index (χ3n) is 2.41. The Morgan fingerprint density at radius 1 is 1.38 bits per heavy atom. The zero-order valence-corrected chi connectivity index (χ0v) is 11.0. The van der Waals surface area contributed by atoms with Crippen molar-refractivity contribution < 1.29 is 4.74 Å². The van der Waals surface area contributed by atoms with E-state index < -0.39 is 0 Å². The summed E-state index contributed by atoms with van der Waals surface area (Å²) in [6, 6.07) is 6.05. The van der Waals surface area contributed by atoms with E-state index >= 15 is 0 Å². The molecular weight excluding hydrogens is 222 g/mol. The standard InChI is InChI=1S/C13H20ClNO/c1-4-8-16-13-7-6-11(14)9-12(13)10(3)15-5-2/h6-7,9-10,15H,4-5,8H2,1-3H3. The molecule has 2 nitrogen and oxygen atoms in total. The van der Waals surface area contributed by atoms with Crippen molar-refractivity contribution in [2.45, 2.75) is 33.2 Å². The molecule has 1 N–H and O–H groups in total. The Hall–Kier alpha value is -0.730. The average Bonchev–Trinajstić information content (AvgIpc) is 2.27. The van der Waals surface area contributed by atoms with E-state index in [0.29, 0.717) is 0 Å². The number of benzene rings is 1. The third kappa shape index (κ3) is 3.69. The summed E-state index contributed by atoms with van der Waals surface area (Å²) in [5.41, 5.74) is 1.13. The van der Waals surface area contributed by atoms with E-state index in [1.165, 1.54) is 0 Å². The highest BCUT2D eigenvalue weighted by atomic mass is 35.5. The molecule has 0 aromatic heterocycles. The van der Waals surface area contributed by atoms with Crippen LogP contribution in [0.3, 0.4) is 0 Å². The fourth-order valence-electron chi connectivity index (χ4n) is 1.62. The van der Waals surface area contributed by atoms with Gasteiger partial charge in [0.25, 0.3) is 0 Å².